The highest BCUT2D eigenvalue weighted by Gasteiger charge is 2.46. The zero-order valence-corrected chi connectivity index (χ0v) is 12.6. The number of likely N-dealkylation sites (tertiary alicyclic amines) is 1. The Balaban J connectivity index is 2.42. The van der Waals surface area contributed by atoms with E-state index in [0.717, 1.165) is 0 Å². The SMILES string of the molecule is COCC1(C(=O)O)CCN(C(=O)CCCOC(C)C)C1. The van der Waals surface area contributed by atoms with Crippen LogP contribution in [0.1, 0.15) is 33.1 Å². The first-order valence-corrected chi connectivity index (χ1v) is 7.03. The first kappa shape index (κ1) is 16.9. The van der Waals surface area contributed by atoms with Gasteiger partial charge in [0, 0.05) is 33.2 Å². The highest BCUT2D eigenvalue weighted by molar-refractivity contribution is 5.80. The molecule has 0 bridgehead atoms. The Bertz CT molecular complexity index is 344. The van der Waals surface area contributed by atoms with E-state index in [1.165, 1.54) is 7.11 Å². The third-order valence-electron chi connectivity index (χ3n) is 3.57. The number of nitrogens with zero attached hydrogens (tertiary/aromatic N) is 1. The lowest BCUT2D eigenvalue weighted by Crippen LogP contribution is -2.40. The quantitative estimate of drug-likeness (QED) is 0.678. The number of carbonyl (C=O) groups is 2. The fraction of sp³-hybridized carbons (Fsp3) is 0.857. The van der Waals surface area contributed by atoms with Crippen molar-refractivity contribution < 1.29 is 24.2 Å². The number of rotatable bonds is 8. The van der Waals surface area contributed by atoms with Gasteiger partial charge in [-0.05, 0) is 26.7 Å². The molecular formula is C14H25NO5. The van der Waals surface area contributed by atoms with Gasteiger partial charge in [-0.3, -0.25) is 9.59 Å². The van der Waals surface area contributed by atoms with Crippen molar-refractivity contribution >= 4 is 11.9 Å². The predicted molar refractivity (Wildman–Crippen MR) is 73.5 cm³/mol. The van der Waals surface area contributed by atoms with E-state index in [0.29, 0.717) is 32.4 Å². The number of methoxy groups -OCH3 is 1. The maximum Gasteiger partial charge on any atom is 0.313 e. The van der Waals surface area contributed by atoms with Crippen LogP contribution >= 0.6 is 0 Å². The third kappa shape index (κ3) is 4.45. The van der Waals surface area contributed by atoms with E-state index in [1.807, 2.05) is 13.8 Å². The second-order valence-corrected chi connectivity index (χ2v) is 5.61. The number of hydrogen-bond acceptors (Lipinski definition) is 4. The molecule has 0 saturated carbocycles. The molecule has 1 atom stereocenters. The van der Waals surface area contributed by atoms with Gasteiger partial charge in [0.15, 0.2) is 0 Å². The average molecular weight is 287 g/mol. The molecule has 0 aliphatic carbocycles. The Kier molecular flexibility index (Phi) is 6.42. The van der Waals surface area contributed by atoms with E-state index in [4.69, 9.17) is 9.47 Å². The summed E-state index contributed by atoms with van der Waals surface area (Å²) < 4.78 is 10.4. The van der Waals surface area contributed by atoms with Crippen molar-refractivity contribution in [3.05, 3.63) is 0 Å². The summed E-state index contributed by atoms with van der Waals surface area (Å²) in [5.41, 5.74) is -0.946. The normalized spacial score (nSPS) is 22.5. The monoisotopic (exact) mass is 287 g/mol. The van der Waals surface area contributed by atoms with Gasteiger partial charge in [0.25, 0.3) is 0 Å². The van der Waals surface area contributed by atoms with Crippen LogP contribution in [-0.2, 0) is 19.1 Å². The number of amides is 1. The number of carboxylic acid groups (broad SMARTS) is 1. The van der Waals surface area contributed by atoms with E-state index in [2.05, 4.69) is 0 Å². The van der Waals surface area contributed by atoms with Crippen LogP contribution in [0.5, 0.6) is 0 Å². The minimum absolute atomic E-state index is 0.00316. The van der Waals surface area contributed by atoms with Crippen LogP contribution in [0, 0.1) is 5.41 Å². The Labute approximate surface area is 120 Å². The molecule has 0 spiro atoms. The van der Waals surface area contributed by atoms with Crippen molar-refractivity contribution in [1.82, 2.24) is 4.90 Å². The summed E-state index contributed by atoms with van der Waals surface area (Å²) in [5, 5.41) is 9.33. The Morgan fingerprint density at radius 3 is 2.65 bits per heavy atom. The van der Waals surface area contributed by atoms with Crippen molar-refractivity contribution in [3.63, 3.8) is 0 Å². The lowest BCUT2D eigenvalue weighted by molar-refractivity contribution is -0.151. The van der Waals surface area contributed by atoms with Crippen molar-refractivity contribution in [2.45, 2.75) is 39.2 Å². The first-order chi connectivity index (χ1) is 9.41. The van der Waals surface area contributed by atoms with Crippen molar-refractivity contribution in [3.8, 4) is 0 Å². The molecule has 1 rings (SSSR count). The van der Waals surface area contributed by atoms with Crippen LogP contribution < -0.4 is 0 Å². The van der Waals surface area contributed by atoms with Crippen LogP contribution in [0.25, 0.3) is 0 Å². The number of hydrogen-bond donors (Lipinski definition) is 1. The molecule has 6 heteroatoms. The Morgan fingerprint density at radius 1 is 1.40 bits per heavy atom. The number of ether oxygens (including phenoxy) is 2. The van der Waals surface area contributed by atoms with Crippen molar-refractivity contribution in [2.24, 2.45) is 5.41 Å². The molecule has 1 heterocycles. The molecule has 1 aliphatic rings. The molecule has 0 aromatic rings. The van der Waals surface area contributed by atoms with Gasteiger partial charge >= 0.3 is 5.97 Å². The molecular weight excluding hydrogens is 262 g/mol. The minimum Gasteiger partial charge on any atom is -0.481 e. The molecule has 116 valence electrons. The maximum atomic E-state index is 12.0. The number of carboxylic acids is 1. The topological polar surface area (TPSA) is 76.1 Å². The maximum absolute atomic E-state index is 12.0. The minimum atomic E-state index is -0.946. The van der Waals surface area contributed by atoms with Crippen LogP contribution in [0.3, 0.4) is 0 Å². The van der Waals surface area contributed by atoms with E-state index in [1.54, 1.807) is 4.90 Å². The van der Waals surface area contributed by atoms with Crippen LogP contribution in [0.15, 0.2) is 0 Å². The van der Waals surface area contributed by atoms with Gasteiger partial charge in [-0.25, -0.2) is 0 Å². The van der Waals surface area contributed by atoms with Crippen molar-refractivity contribution in [2.75, 3.05) is 33.4 Å². The Hall–Kier alpha value is -1.14. The van der Waals surface area contributed by atoms with E-state index >= 15 is 0 Å². The van der Waals surface area contributed by atoms with Gasteiger partial charge < -0.3 is 19.5 Å². The number of carbonyl (C=O) groups excluding carboxylic acids is 1. The average Bonchev–Trinajstić information content (AvgIpc) is 2.80. The van der Waals surface area contributed by atoms with E-state index in [-0.39, 0.29) is 25.2 Å². The molecule has 0 radical (unpaired) electrons. The van der Waals surface area contributed by atoms with Gasteiger partial charge in [0.1, 0.15) is 5.41 Å². The Morgan fingerprint density at radius 2 is 2.10 bits per heavy atom. The standard InChI is InChI=1S/C14H25NO5/c1-11(2)20-8-4-5-12(16)15-7-6-14(9-15,10-19-3)13(17)18/h11H,4-10H2,1-3H3,(H,17,18). The predicted octanol–water partition coefficient (Wildman–Crippen LogP) is 1.14. The largest absolute Gasteiger partial charge is 0.481 e. The zero-order chi connectivity index (χ0) is 15.2. The van der Waals surface area contributed by atoms with Gasteiger partial charge in [-0.2, -0.15) is 0 Å². The van der Waals surface area contributed by atoms with E-state index < -0.39 is 11.4 Å². The van der Waals surface area contributed by atoms with Gasteiger partial charge in [-0.1, -0.05) is 0 Å². The van der Waals surface area contributed by atoms with Crippen LogP contribution in [-0.4, -0.2) is 61.4 Å². The molecule has 1 unspecified atom stereocenters. The lowest BCUT2D eigenvalue weighted by Gasteiger charge is -2.23. The van der Waals surface area contributed by atoms with E-state index in [9.17, 15) is 14.7 Å². The molecule has 20 heavy (non-hydrogen) atoms. The second-order valence-electron chi connectivity index (χ2n) is 5.61. The van der Waals surface area contributed by atoms with Crippen LogP contribution in [0.4, 0.5) is 0 Å². The fourth-order valence-electron chi connectivity index (χ4n) is 2.42. The van der Waals surface area contributed by atoms with Crippen LogP contribution in [0.2, 0.25) is 0 Å². The zero-order valence-electron chi connectivity index (χ0n) is 12.6. The van der Waals surface area contributed by atoms with Gasteiger partial charge in [-0.15, -0.1) is 0 Å². The summed E-state index contributed by atoms with van der Waals surface area (Å²) in [4.78, 5) is 25.0. The molecule has 1 aliphatic heterocycles. The van der Waals surface area contributed by atoms with Crippen molar-refractivity contribution in [1.29, 1.82) is 0 Å². The summed E-state index contributed by atoms with van der Waals surface area (Å²) in [6.45, 7) is 5.32. The molecule has 1 fully saturated rings. The summed E-state index contributed by atoms with van der Waals surface area (Å²) in [6, 6.07) is 0. The number of aliphatic carboxylic acids is 1. The molecule has 1 amide bonds. The molecule has 0 aromatic carbocycles. The summed E-state index contributed by atoms with van der Waals surface area (Å²) in [5.74, 6) is -0.894. The summed E-state index contributed by atoms with van der Waals surface area (Å²) in [6.07, 6.45) is 1.68. The summed E-state index contributed by atoms with van der Waals surface area (Å²) >= 11 is 0. The smallest absolute Gasteiger partial charge is 0.313 e. The van der Waals surface area contributed by atoms with Gasteiger partial charge in [0.05, 0.1) is 12.7 Å². The fourth-order valence-corrected chi connectivity index (χ4v) is 2.42. The second kappa shape index (κ2) is 7.59. The van der Waals surface area contributed by atoms with Gasteiger partial charge in [0.2, 0.25) is 5.91 Å². The molecule has 1 N–H and O–H groups in total. The molecule has 1 saturated heterocycles. The highest BCUT2D eigenvalue weighted by Crippen LogP contribution is 2.31. The third-order valence-corrected chi connectivity index (χ3v) is 3.57. The molecule has 6 nitrogen and oxygen atoms in total. The molecule has 0 aromatic heterocycles. The highest BCUT2D eigenvalue weighted by atomic mass is 16.5. The lowest BCUT2D eigenvalue weighted by atomic mass is 9.88. The summed E-state index contributed by atoms with van der Waals surface area (Å²) in [7, 11) is 1.48. The first-order valence-electron chi connectivity index (χ1n) is 7.03.